The molecule has 0 spiro atoms. The van der Waals surface area contributed by atoms with Crippen LogP contribution in [0.4, 0.5) is 0 Å². The molecule has 192 valence electrons. The molecule has 3 aromatic rings. The summed E-state index contributed by atoms with van der Waals surface area (Å²) in [7, 11) is 4.59. The van der Waals surface area contributed by atoms with Crippen molar-refractivity contribution in [1.29, 1.82) is 0 Å². The first-order valence-electron chi connectivity index (χ1n) is 13.5. The van der Waals surface area contributed by atoms with E-state index in [1.807, 2.05) is 66.7 Å². The van der Waals surface area contributed by atoms with Gasteiger partial charge in [-0.15, -0.1) is 0 Å². The Morgan fingerprint density at radius 1 is 0.919 bits per heavy atom. The van der Waals surface area contributed by atoms with Crippen molar-refractivity contribution in [2.75, 3.05) is 27.2 Å². The van der Waals surface area contributed by atoms with E-state index >= 15 is 0 Å². The quantitative estimate of drug-likeness (QED) is 0.261. The van der Waals surface area contributed by atoms with Gasteiger partial charge in [0.15, 0.2) is 0 Å². The first-order valence-corrected chi connectivity index (χ1v) is 13.5. The lowest BCUT2D eigenvalue weighted by molar-refractivity contribution is -0.919. The molecule has 0 amide bonds. The number of carbonyl (C=O) groups excluding carboxylic acids is 1. The Balaban J connectivity index is 1.14. The van der Waals surface area contributed by atoms with Crippen LogP contribution in [0.1, 0.15) is 36.8 Å². The molecule has 0 radical (unpaired) electrons. The maximum absolute atomic E-state index is 14.3. The van der Waals surface area contributed by atoms with Crippen molar-refractivity contribution >= 4 is 5.97 Å². The van der Waals surface area contributed by atoms with Gasteiger partial charge in [-0.3, -0.25) is 4.79 Å². The summed E-state index contributed by atoms with van der Waals surface area (Å²) in [6, 6.07) is 25.3. The van der Waals surface area contributed by atoms with Crippen LogP contribution in [0.15, 0.2) is 78.9 Å². The number of para-hydroxylation sites is 1. The van der Waals surface area contributed by atoms with Crippen LogP contribution in [0.2, 0.25) is 0 Å². The molecule has 4 atom stereocenters. The maximum Gasteiger partial charge on any atom is 0.304 e. The highest BCUT2D eigenvalue weighted by atomic mass is 16.6. The molecule has 3 aromatic carbocycles. The van der Waals surface area contributed by atoms with Gasteiger partial charge in [-0.1, -0.05) is 66.7 Å². The Morgan fingerprint density at radius 2 is 1.54 bits per heavy atom. The average molecular weight is 498 g/mol. The Hall–Kier alpha value is -3.15. The van der Waals surface area contributed by atoms with E-state index in [0.717, 1.165) is 47.2 Å². The van der Waals surface area contributed by atoms with Crippen molar-refractivity contribution < 1.29 is 23.9 Å². The van der Waals surface area contributed by atoms with Crippen LogP contribution in [-0.2, 0) is 15.1 Å². The monoisotopic (exact) mass is 497 g/mol. The third-order valence-electron chi connectivity index (χ3n) is 8.95. The fraction of sp³-hybridized carbons (Fsp3) is 0.406. The topological polar surface area (TPSA) is 58.6 Å². The molecule has 3 aliphatic rings. The predicted molar refractivity (Wildman–Crippen MR) is 141 cm³/mol. The number of fused-ring (bicyclic) bond motifs is 5. The molecule has 37 heavy (non-hydrogen) atoms. The molecule has 2 bridgehead atoms. The highest BCUT2D eigenvalue weighted by Crippen LogP contribution is 2.52. The lowest BCUT2D eigenvalue weighted by atomic mass is 9.91. The van der Waals surface area contributed by atoms with Gasteiger partial charge < -0.3 is 19.1 Å². The molecule has 3 aliphatic carbocycles. The van der Waals surface area contributed by atoms with Gasteiger partial charge in [-0.05, 0) is 53.6 Å². The van der Waals surface area contributed by atoms with Crippen LogP contribution >= 0.6 is 0 Å². The van der Waals surface area contributed by atoms with E-state index in [0.29, 0.717) is 29.7 Å². The number of nitrogens with zero attached hydrogens (tertiary/aromatic N) is 1. The van der Waals surface area contributed by atoms with Crippen LogP contribution in [0.25, 0.3) is 11.1 Å². The summed E-state index contributed by atoms with van der Waals surface area (Å²) in [5.74, 6) is 1.05. The Kier molecular flexibility index (Phi) is 6.09. The van der Waals surface area contributed by atoms with E-state index < -0.39 is 11.6 Å². The Bertz CT molecular complexity index is 1240. The number of rotatable bonds is 8. The lowest BCUT2D eigenvalue weighted by Gasteiger charge is -2.40. The van der Waals surface area contributed by atoms with Gasteiger partial charge >= 0.3 is 5.97 Å². The molecule has 2 fully saturated rings. The largest absolute Gasteiger partial charge is 0.834 e. The molecule has 0 saturated heterocycles. The zero-order chi connectivity index (χ0) is 25.6. The summed E-state index contributed by atoms with van der Waals surface area (Å²) in [5.41, 5.74) is 0.688. The molecule has 0 heterocycles. The molecule has 5 heteroatoms. The first kappa shape index (κ1) is 24.2. The number of hydrogen-bond acceptors (Lipinski definition) is 4. The Morgan fingerprint density at radius 3 is 2.22 bits per heavy atom. The molecule has 0 aromatic heterocycles. The van der Waals surface area contributed by atoms with Gasteiger partial charge in [-0.25, -0.2) is 0 Å². The Labute approximate surface area is 219 Å². The molecular formula is C32H35NO4. The minimum Gasteiger partial charge on any atom is -0.834 e. The number of quaternary nitrogens is 1. The molecular weight excluding hydrogens is 462 g/mol. The van der Waals surface area contributed by atoms with E-state index in [1.54, 1.807) is 12.1 Å². The molecule has 6 rings (SSSR count). The number of esters is 1. The van der Waals surface area contributed by atoms with Gasteiger partial charge in [0.25, 0.3) is 0 Å². The van der Waals surface area contributed by atoms with E-state index in [4.69, 9.17) is 9.47 Å². The average Bonchev–Trinajstić information content (AvgIpc) is 3.57. The zero-order valence-corrected chi connectivity index (χ0v) is 21.6. The minimum atomic E-state index is -2.01. The fourth-order valence-electron chi connectivity index (χ4n) is 7.42. The predicted octanol–water partition coefficient (Wildman–Crippen LogP) is 4.53. The SMILES string of the molecule is C[N+](C)(CCCOc1ccccc1)C1C2CC[C@H]1[C@@H](OC(=O)C1([O-])c3ccccc3-c3ccccc31)C2. The van der Waals surface area contributed by atoms with Gasteiger partial charge in [0.2, 0.25) is 0 Å². The highest BCUT2D eigenvalue weighted by Gasteiger charge is 2.57. The summed E-state index contributed by atoms with van der Waals surface area (Å²) < 4.78 is 13.0. The summed E-state index contributed by atoms with van der Waals surface area (Å²) in [4.78, 5) is 13.7. The van der Waals surface area contributed by atoms with Crippen molar-refractivity contribution in [3.05, 3.63) is 90.0 Å². The number of carbonyl (C=O) groups is 1. The van der Waals surface area contributed by atoms with E-state index in [1.165, 1.54) is 6.42 Å². The van der Waals surface area contributed by atoms with Gasteiger partial charge in [-0.2, -0.15) is 0 Å². The fourth-order valence-corrected chi connectivity index (χ4v) is 7.42. The number of ether oxygens (including phenoxy) is 2. The summed E-state index contributed by atoms with van der Waals surface area (Å²) in [5, 5.41) is 14.3. The molecule has 2 unspecified atom stereocenters. The van der Waals surface area contributed by atoms with Gasteiger partial charge in [0.05, 0.1) is 33.3 Å². The zero-order valence-electron chi connectivity index (χ0n) is 21.6. The summed E-state index contributed by atoms with van der Waals surface area (Å²) in [6.45, 7) is 1.68. The van der Waals surface area contributed by atoms with E-state index in [2.05, 4.69) is 14.1 Å². The van der Waals surface area contributed by atoms with Crippen molar-refractivity contribution in [3.8, 4) is 16.9 Å². The third kappa shape index (κ3) is 4.05. The van der Waals surface area contributed by atoms with Crippen LogP contribution < -0.4 is 9.84 Å². The maximum atomic E-state index is 14.3. The summed E-state index contributed by atoms with van der Waals surface area (Å²) >= 11 is 0. The second kappa shape index (κ2) is 9.30. The van der Waals surface area contributed by atoms with Crippen LogP contribution in [0.3, 0.4) is 0 Å². The molecule has 0 N–H and O–H groups in total. The van der Waals surface area contributed by atoms with Crippen LogP contribution in [0.5, 0.6) is 5.75 Å². The van der Waals surface area contributed by atoms with Crippen LogP contribution in [0, 0.1) is 11.8 Å². The summed E-state index contributed by atoms with van der Waals surface area (Å²) in [6.07, 6.45) is 3.83. The minimum absolute atomic E-state index is 0.194. The van der Waals surface area contributed by atoms with Crippen molar-refractivity contribution in [2.24, 2.45) is 11.8 Å². The van der Waals surface area contributed by atoms with E-state index in [-0.39, 0.29) is 12.0 Å². The standard InChI is InChI=1S/C32H35NO4/c1-33(2,19-10-20-36-23-11-4-3-5-12-23)30-22-17-18-26(30)29(21-22)37-31(34)32(35)27-15-8-6-13-24(27)25-14-7-9-16-28(25)32/h3-9,11-16,22,26,29-30H,10,17-21H2,1-2H3/t22?,26-,29-,30?/m0/s1. The van der Waals surface area contributed by atoms with Crippen molar-refractivity contribution in [3.63, 3.8) is 0 Å². The lowest BCUT2D eigenvalue weighted by Crippen LogP contribution is -2.53. The van der Waals surface area contributed by atoms with Crippen molar-refractivity contribution in [1.82, 2.24) is 0 Å². The number of benzene rings is 3. The smallest absolute Gasteiger partial charge is 0.304 e. The third-order valence-corrected chi connectivity index (χ3v) is 8.95. The second-order valence-electron chi connectivity index (χ2n) is 11.5. The first-order chi connectivity index (χ1) is 17.9. The number of hydrogen-bond donors (Lipinski definition) is 0. The van der Waals surface area contributed by atoms with Crippen LogP contribution in [-0.4, -0.2) is 49.8 Å². The van der Waals surface area contributed by atoms with Gasteiger partial charge in [0, 0.05) is 23.9 Å². The second-order valence-corrected chi connectivity index (χ2v) is 11.5. The normalized spacial score (nSPS) is 24.9. The molecule has 2 saturated carbocycles. The van der Waals surface area contributed by atoms with E-state index in [9.17, 15) is 9.90 Å². The molecule has 5 nitrogen and oxygen atoms in total. The molecule has 0 aliphatic heterocycles. The van der Waals surface area contributed by atoms with Crippen molar-refractivity contribution in [2.45, 2.75) is 43.4 Å². The highest BCUT2D eigenvalue weighted by molar-refractivity contribution is 5.95. The van der Waals surface area contributed by atoms with Gasteiger partial charge in [0.1, 0.15) is 11.9 Å².